The summed E-state index contributed by atoms with van der Waals surface area (Å²) in [6, 6.07) is 9.51. The number of carbonyl (C=O) groups is 1. The van der Waals surface area contributed by atoms with Gasteiger partial charge in [-0.05, 0) is 60.8 Å². The summed E-state index contributed by atoms with van der Waals surface area (Å²) in [5, 5.41) is 13.3. The SMILES string of the molecule is CCCOc1cccc(C(=O)Nc2sc3c(c2C#N)CC[C@H](C(C)(C)C)C3)c1. The Morgan fingerprint density at radius 3 is 2.86 bits per heavy atom. The second kappa shape index (κ2) is 8.36. The van der Waals surface area contributed by atoms with Crippen LogP contribution in [0.4, 0.5) is 5.00 Å². The molecule has 1 aliphatic rings. The number of benzene rings is 1. The smallest absolute Gasteiger partial charge is 0.256 e. The topological polar surface area (TPSA) is 62.1 Å². The van der Waals surface area contributed by atoms with Gasteiger partial charge in [0, 0.05) is 10.4 Å². The molecule has 5 heteroatoms. The maximum absolute atomic E-state index is 12.8. The highest BCUT2D eigenvalue weighted by molar-refractivity contribution is 7.16. The van der Waals surface area contributed by atoms with Crippen molar-refractivity contribution >= 4 is 22.2 Å². The molecule has 0 spiro atoms. The van der Waals surface area contributed by atoms with Gasteiger partial charge in [-0.1, -0.05) is 33.8 Å². The lowest BCUT2D eigenvalue weighted by Gasteiger charge is -2.33. The minimum absolute atomic E-state index is 0.204. The fraction of sp³-hybridized carbons (Fsp3) is 0.478. The summed E-state index contributed by atoms with van der Waals surface area (Å²) in [5.41, 5.74) is 2.55. The van der Waals surface area contributed by atoms with Gasteiger partial charge in [-0.15, -0.1) is 11.3 Å². The Labute approximate surface area is 171 Å². The first-order valence-electron chi connectivity index (χ1n) is 9.92. The minimum atomic E-state index is -0.204. The van der Waals surface area contributed by atoms with E-state index in [1.807, 2.05) is 19.1 Å². The Bertz CT molecular complexity index is 902. The molecule has 1 aromatic carbocycles. The van der Waals surface area contributed by atoms with E-state index in [-0.39, 0.29) is 11.3 Å². The van der Waals surface area contributed by atoms with Crippen LogP contribution in [0.2, 0.25) is 0 Å². The fourth-order valence-electron chi connectivity index (χ4n) is 3.65. The highest BCUT2D eigenvalue weighted by atomic mass is 32.1. The summed E-state index contributed by atoms with van der Waals surface area (Å²) in [7, 11) is 0. The Balaban J connectivity index is 1.81. The van der Waals surface area contributed by atoms with Crippen LogP contribution in [0.1, 0.15) is 66.9 Å². The standard InChI is InChI=1S/C23H28N2O2S/c1-5-11-27-17-8-6-7-15(12-17)21(26)25-22-19(14-24)18-10-9-16(23(2,3)4)13-20(18)28-22/h6-8,12,16H,5,9-11,13H2,1-4H3,(H,25,26)/t16-/m0/s1. The van der Waals surface area contributed by atoms with Gasteiger partial charge in [0.2, 0.25) is 0 Å². The lowest BCUT2D eigenvalue weighted by Crippen LogP contribution is -2.26. The number of hydrogen-bond donors (Lipinski definition) is 1. The highest BCUT2D eigenvalue weighted by Gasteiger charge is 2.32. The van der Waals surface area contributed by atoms with E-state index in [4.69, 9.17) is 4.74 Å². The van der Waals surface area contributed by atoms with Crippen LogP contribution in [0.3, 0.4) is 0 Å². The summed E-state index contributed by atoms with van der Waals surface area (Å²) in [4.78, 5) is 14.0. The molecule has 1 N–H and O–H groups in total. The van der Waals surface area contributed by atoms with Crippen LogP contribution in [0.5, 0.6) is 5.75 Å². The predicted molar refractivity (Wildman–Crippen MR) is 114 cm³/mol. The normalized spacial score (nSPS) is 16.2. The monoisotopic (exact) mass is 396 g/mol. The van der Waals surface area contributed by atoms with Crippen molar-refractivity contribution in [3.05, 3.63) is 45.8 Å². The molecule has 1 heterocycles. The van der Waals surface area contributed by atoms with Crippen LogP contribution in [-0.4, -0.2) is 12.5 Å². The molecule has 2 aromatic rings. The van der Waals surface area contributed by atoms with E-state index in [0.29, 0.717) is 34.4 Å². The largest absolute Gasteiger partial charge is 0.494 e. The van der Waals surface area contributed by atoms with Crippen molar-refractivity contribution in [3.63, 3.8) is 0 Å². The van der Waals surface area contributed by atoms with Gasteiger partial charge in [0.25, 0.3) is 5.91 Å². The van der Waals surface area contributed by atoms with E-state index in [0.717, 1.165) is 31.2 Å². The third kappa shape index (κ3) is 4.39. The predicted octanol–water partition coefficient (Wildman–Crippen LogP) is 5.81. The first-order valence-corrected chi connectivity index (χ1v) is 10.7. The first-order chi connectivity index (χ1) is 13.3. The van der Waals surface area contributed by atoms with Crippen LogP contribution < -0.4 is 10.1 Å². The number of nitrogens with one attached hydrogen (secondary N) is 1. The summed E-state index contributed by atoms with van der Waals surface area (Å²) in [5.74, 6) is 1.08. The average Bonchev–Trinajstić information content (AvgIpc) is 3.01. The van der Waals surface area contributed by atoms with Gasteiger partial charge in [-0.3, -0.25) is 4.79 Å². The molecule has 0 saturated carbocycles. The number of rotatable bonds is 5. The Hall–Kier alpha value is -2.32. The van der Waals surface area contributed by atoms with Crippen molar-refractivity contribution < 1.29 is 9.53 Å². The molecule has 28 heavy (non-hydrogen) atoms. The van der Waals surface area contributed by atoms with Gasteiger partial charge in [0.15, 0.2) is 0 Å². The molecule has 148 valence electrons. The molecule has 1 aromatic heterocycles. The summed E-state index contributed by atoms with van der Waals surface area (Å²) < 4.78 is 5.62. The third-order valence-electron chi connectivity index (χ3n) is 5.40. The second-order valence-electron chi connectivity index (χ2n) is 8.46. The van der Waals surface area contributed by atoms with Gasteiger partial charge in [-0.25, -0.2) is 0 Å². The van der Waals surface area contributed by atoms with Gasteiger partial charge >= 0.3 is 0 Å². The lowest BCUT2D eigenvalue weighted by molar-refractivity contribution is 0.102. The number of nitrogens with zero attached hydrogens (tertiary/aromatic N) is 1. The van der Waals surface area contributed by atoms with E-state index in [1.165, 1.54) is 4.88 Å². The van der Waals surface area contributed by atoms with E-state index >= 15 is 0 Å². The Morgan fingerprint density at radius 2 is 2.18 bits per heavy atom. The molecule has 1 aliphatic carbocycles. The third-order valence-corrected chi connectivity index (χ3v) is 6.57. The number of hydrogen-bond acceptors (Lipinski definition) is 4. The molecule has 3 rings (SSSR count). The zero-order valence-corrected chi connectivity index (χ0v) is 17.9. The van der Waals surface area contributed by atoms with Crippen molar-refractivity contribution in [2.45, 2.75) is 53.4 Å². The molecular formula is C23H28N2O2S. The number of anilines is 1. The lowest BCUT2D eigenvalue weighted by atomic mass is 9.72. The van der Waals surface area contributed by atoms with Gasteiger partial charge in [0.1, 0.15) is 16.8 Å². The zero-order valence-electron chi connectivity index (χ0n) is 17.1. The van der Waals surface area contributed by atoms with Crippen molar-refractivity contribution in [2.24, 2.45) is 11.3 Å². The maximum Gasteiger partial charge on any atom is 0.256 e. The molecule has 1 amide bonds. The molecule has 0 unspecified atom stereocenters. The van der Waals surface area contributed by atoms with E-state index < -0.39 is 0 Å². The van der Waals surface area contributed by atoms with Crippen molar-refractivity contribution in [2.75, 3.05) is 11.9 Å². The van der Waals surface area contributed by atoms with E-state index in [2.05, 4.69) is 32.2 Å². The number of thiophene rings is 1. The van der Waals surface area contributed by atoms with Crippen LogP contribution in [-0.2, 0) is 12.8 Å². The zero-order chi connectivity index (χ0) is 20.3. The molecule has 0 fully saturated rings. The molecular weight excluding hydrogens is 368 g/mol. The van der Waals surface area contributed by atoms with Crippen LogP contribution in [0.25, 0.3) is 0 Å². The Kier molecular flexibility index (Phi) is 6.10. The van der Waals surface area contributed by atoms with Crippen molar-refractivity contribution in [1.29, 1.82) is 5.26 Å². The van der Waals surface area contributed by atoms with Crippen LogP contribution in [0, 0.1) is 22.7 Å². The van der Waals surface area contributed by atoms with Crippen LogP contribution in [0.15, 0.2) is 24.3 Å². The molecule has 0 saturated heterocycles. The summed E-state index contributed by atoms with van der Waals surface area (Å²) in [6.07, 6.45) is 3.89. The Morgan fingerprint density at radius 1 is 1.39 bits per heavy atom. The quantitative estimate of drug-likeness (QED) is 0.693. The number of fused-ring (bicyclic) bond motifs is 1. The van der Waals surface area contributed by atoms with Crippen LogP contribution >= 0.6 is 11.3 Å². The molecule has 0 bridgehead atoms. The van der Waals surface area contributed by atoms with Gasteiger partial charge in [0.05, 0.1) is 12.2 Å². The summed E-state index contributed by atoms with van der Waals surface area (Å²) in [6.45, 7) is 9.49. The summed E-state index contributed by atoms with van der Waals surface area (Å²) >= 11 is 1.56. The first kappa shape index (κ1) is 20.4. The number of amides is 1. The molecule has 0 aliphatic heterocycles. The number of ether oxygens (including phenoxy) is 1. The number of carbonyl (C=O) groups excluding carboxylic acids is 1. The van der Waals surface area contributed by atoms with Gasteiger partial charge < -0.3 is 10.1 Å². The van der Waals surface area contributed by atoms with E-state index in [9.17, 15) is 10.1 Å². The molecule has 1 atom stereocenters. The molecule has 4 nitrogen and oxygen atoms in total. The molecule has 0 radical (unpaired) electrons. The van der Waals surface area contributed by atoms with Gasteiger partial charge in [-0.2, -0.15) is 5.26 Å². The maximum atomic E-state index is 12.8. The minimum Gasteiger partial charge on any atom is -0.494 e. The highest BCUT2D eigenvalue weighted by Crippen LogP contribution is 2.44. The number of nitriles is 1. The second-order valence-corrected chi connectivity index (χ2v) is 9.56. The fourth-order valence-corrected chi connectivity index (χ4v) is 4.93. The van der Waals surface area contributed by atoms with Crippen molar-refractivity contribution in [1.82, 2.24) is 0 Å². The van der Waals surface area contributed by atoms with Crippen molar-refractivity contribution in [3.8, 4) is 11.8 Å². The van der Waals surface area contributed by atoms with E-state index in [1.54, 1.807) is 23.5 Å². The average molecular weight is 397 g/mol.